The first-order valence-corrected chi connectivity index (χ1v) is 13.5. The van der Waals surface area contributed by atoms with Crippen LogP contribution in [0.3, 0.4) is 0 Å². The summed E-state index contributed by atoms with van der Waals surface area (Å²) in [5, 5.41) is 4.61. The third kappa shape index (κ3) is 4.88. The number of carbonyl (C=O) groups is 2. The summed E-state index contributed by atoms with van der Waals surface area (Å²) in [7, 11) is 0. The van der Waals surface area contributed by atoms with Gasteiger partial charge in [-0.3, -0.25) is 9.59 Å². The number of allylic oxidation sites excluding steroid dienone is 1. The lowest BCUT2D eigenvalue weighted by molar-refractivity contribution is -0.131. The summed E-state index contributed by atoms with van der Waals surface area (Å²) in [5.41, 5.74) is 3.98. The first kappa shape index (κ1) is 25.2. The minimum atomic E-state index is -0.504. The van der Waals surface area contributed by atoms with Crippen LogP contribution >= 0.6 is 23.2 Å². The highest BCUT2D eigenvalue weighted by Gasteiger charge is 2.42. The Morgan fingerprint density at radius 2 is 1.92 bits per heavy atom. The van der Waals surface area contributed by atoms with E-state index in [9.17, 15) is 9.59 Å². The number of carbonyl (C=O) groups excluding carboxylic acids is 2. The summed E-state index contributed by atoms with van der Waals surface area (Å²) in [5.74, 6) is 0.638. The van der Waals surface area contributed by atoms with Gasteiger partial charge in [-0.05, 0) is 60.4 Å². The second kappa shape index (κ2) is 9.75. The number of para-hydroxylation sites is 2. The molecule has 1 aliphatic carbocycles. The van der Waals surface area contributed by atoms with Crippen molar-refractivity contribution in [1.29, 1.82) is 0 Å². The van der Waals surface area contributed by atoms with Gasteiger partial charge >= 0.3 is 0 Å². The van der Waals surface area contributed by atoms with E-state index in [1.165, 1.54) is 0 Å². The van der Waals surface area contributed by atoms with Crippen LogP contribution in [0.15, 0.2) is 53.7 Å². The molecule has 190 valence electrons. The number of nitrogens with one attached hydrogen (secondary N) is 1. The van der Waals surface area contributed by atoms with Gasteiger partial charge in [0.15, 0.2) is 5.78 Å². The number of benzene rings is 2. The SMILES string of the molecule is CC1CCCN(C(=O)CN2c3ccccc3NC3=C(C(=O)CC(C)(C)C3)C2c2ccc(Cl)cc2Cl)C1. The summed E-state index contributed by atoms with van der Waals surface area (Å²) in [4.78, 5) is 31.5. The largest absolute Gasteiger partial charge is 0.357 e. The van der Waals surface area contributed by atoms with E-state index < -0.39 is 6.04 Å². The minimum absolute atomic E-state index is 0.0686. The Morgan fingerprint density at radius 3 is 2.67 bits per heavy atom. The number of nitrogens with zero attached hydrogens (tertiary/aromatic N) is 2. The molecule has 2 aliphatic heterocycles. The van der Waals surface area contributed by atoms with Crippen LogP contribution in [-0.2, 0) is 9.59 Å². The van der Waals surface area contributed by atoms with Gasteiger partial charge in [0.1, 0.15) is 0 Å². The van der Waals surface area contributed by atoms with Crippen molar-refractivity contribution in [1.82, 2.24) is 4.90 Å². The van der Waals surface area contributed by atoms with E-state index in [1.807, 2.05) is 35.2 Å². The van der Waals surface area contributed by atoms with Crippen molar-refractivity contribution < 1.29 is 9.59 Å². The third-order valence-corrected chi connectivity index (χ3v) is 8.14. The van der Waals surface area contributed by atoms with E-state index in [1.54, 1.807) is 12.1 Å². The number of ketones is 1. The van der Waals surface area contributed by atoms with Crippen LogP contribution in [0.1, 0.15) is 58.1 Å². The number of fused-ring (bicyclic) bond motifs is 1. The summed E-state index contributed by atoms with van der Waals surface area (Å²) in [6, 6.07) is 12.9. The zero-order valence-electron chi connectivity index (χ0n) is 21.1. The molecule has 2 atom stereocenters. The minimum Gasteiger partial charge on any atom is -0.357 e. The van der Waals surface area contributed by atoms with Crippen LogP contribution in [0.2, 0.25) is 10.0 Å². The molecule has 1 amide bonds. The molecule has 36 heavy (non-hydrogen) atoms. The van der Waals surface area contributed by atoms with Crippen molar-refractivity contribution in [2.24, 2.45) is 11.3 Å². The van der Waals surface area contributed by atoms with E-state index in [0.717, 1.165) is 55.0 Å². The van der Waals surface area contributed by atoms with Gasteiger partial charge in [-0.2, -0.15) is 0 Å². The Labute approximate surface area is 223 Å². The van der Waals surface area contributed by atoms with E-state index >= 15 is 0 Å². The first-order chi connectivity index (χ1) is 17.1. The van der Waals surface area contributed by atoms with E-state index in [-0.39, 0.29) is 23.7 Å². The number of likely N-dealkylation sites (tertiary alicyclic amines) is 1. The normalized spacial score (nSPS) is 23.5. The molecule has 0 spiro atoms. The fourth-order valence-electron chi connectivity index (χ4n) is 5.94. The number of halogens is 2. The monoisotopic (exact) mass is 525 g/mol. The molecule has 0 saturated carbocycles. The number of anilines is 2. The molecule has 2 unspecified atom stereocenters. The van der Waals surface area contributed by atoms with Crippen molar-refractivity contribution in [2.75, 3.05) is 29.9 Å². The molecular formula is C29H33Cl2N3O2. The predicted molar refractivity (Wildman–Crippen MR) is 147 cm³/mol. The second-order valence-electron chi connectivity index (χ2n) is 11.3. The highest BCUT2D eigenvalue weighted by molar-refractivity contribution is 6.35. The number of hydrogen-bond donors (Lipinski definition) is 1. The number of Topliss-reactive ketones (excluding diaryl/α,β-unsaturated/α-hetero) is 1. The maximum absolute atomic E-state index is 13.8. The van der Waals surface area contributed by atoms with Gasteiger partial charge in [0.25, 0.3) is 0 Å². The summed E-state index contributed by atoms with van der Waals surface area (Å²) in [6.45, 7) is 8.12. The molecule has 2 aromatic rings. The smallest absolute Gasteiger partial charge is 0.242 e. The van der Waals surface area contributed by atoms with Crippen molar-refractivity contribution in [3.8, 4) is 0 Å². The van der Waals surface area contributed by atoms with Crippen molar-refractivity contribution in [2.45, 2.75) is 52.5 Å². The Hall–Kier alpha value is -2.50. The number of hydrogen-bond acceptors (Lipinski definition) is 4. The van der Waals surface area contributed by atoms with Crippen molar-refractivity contribution in [3.63, 3.8) is 0 Å². The Kier molecular flexibility index (Phi) is 6.82. The van der Waals surface area contributed by atoms with Gasteiger partial charge in [0.2, 0.25) is 5.91 Å². The van der Waals surface area contributed by atoms with Gasteiger partial charge in [-0.1, -0.05) is 62.2 Å². The molecule has 0 radical (unpaired) electrons. The van der Waals surface area contributed by atoms with Gasteiger partial charge in [0.05, 0.1) is 24.0 Å². The maximum atomic E-state index is 13.8. The molecule has 7 heteroatoms. The Balaban J connectivity index is 1.67. The Morgan fingerprint density at radius 1 is 1.14 bits per heavy atom. The first-order valence-electron chi connectivity index (χ1n) is 12.7. The molecule has 0 aromatic heterocycles. The van der Waals surface area contributed by atoms with Crippen LogP contribution in [0.25, 0.3) is 0 Å². The van der Waals surface area contributed by atoms with Crippen LogP contribution in [0, 0.1) is 11.3 Å². The lowest BCUT2D eigenvalue weighted by Crippen LogP contribution is -2.46. The molecule has 1 N–H and O–H groups in total. The summed E-state index contributed by atoms with van der Waals surface area (Å²) < 4.78 is 0. The lowest BCUT2D eigenvalue weighted by Gasteiger charge is -2.39. The molecule has 5 nitrogen and oxygen atoms in total. The van der Waals surface area contributed by atoms with Crippen LogP contribution < -0.4 is 10.2 Å². The third-order valence-electron chi connectivity index (χ3n) is 7.58. The van der Waals surface area contributed by atoms with Gasteiger partial charge in [0, 0.05) is 40.8 Å². The fraction of sp³-hybridized carbons (Fsp3) is 0.448. The van der Waals surface area contributed by atoms with Gasteiger partial charge < -0.3 is 15.1 Å². The highest BCUT2D eigenvalue weighted by atomic mass is 35.5. The molecule has 1 saturated heterocycles. The number of amides is 1. The quantitative estimate of drug-likeness (QED) is 0.475. The average molecular weight is 527 g/mol. The van der Waals surface area contributed by atoms with Gasteiger partial charge in [-0.15, -0.1) is 0 Å². The van der Waals surface area contributed by atoms with E-state index in [0.29, 0.717) is 28.0 Å². The zero-order valence-corrected chi connectivity index (χ0v) is 22.6. The molecule has 1 fully saturated rings. The standard InChI is InChI=1S/C29H33Cl2N3O2/c1-18-7-6-12-33(16-18)26(36)17-34-24-9-5-4-8-22(24)32-23-14-29(2,3)15-25(35)27(23)28(34)20-11-10-19(30)13-21(20)31/h4-5,8-11,13,18,28,32H,6-7,12,14-17H2,1-3H3. The highest BCUT2D eigenvalue weighted by Crippen LogP contribution is 2.49. The average Bonchev–Trinajstić information content (AvgIpc) is 2.93. The fourth-order valence-corrected chi connectivity index (χ4v) is 6.45. The molecule has 3 aliphatic rings. The predicted octanol–water partition coefficient (Wildman–Crippen LogP) is 6.87. The van der Waals surface area contributed by atoms with Crippen LogP contribution in [0.4, 0.5) is 11.4 Å². The topological polar surface area (TPSA) is 52.7 Å². The molecule has 2 heterocycles. The summed E-state index contributed by atoms with van der Waals surface area (Å²) >= 11 is 13.0. The second-order valence-corrected chi connectivity index (χ2v) is 12.1. The van der Waals surface area contributed by atoms with Crippen LogP contribution in [-0.4, -0.2) is 36.2 Å². The van der Waals surface area contributed by atoms with Gasteiger partial charge in [-0.25, -0.2) is 0 Å². The molecule has 5 rings (SSSR count). The zero-order chi connectivity index (χ0) is 25.6. The van der Waals surface area contributed by atoms with E-state index in [4.69, 9.17) is 23.2 Å². The van der Waals surface area contributed by atoms with Crippen molar-refractivity contribution >= 4 is 46.3 Å². The van der Waals surface area contributed by atoms with E-state index in [2.05, 4.69) is 31.0 Å². The molecular weight excluding hydrogens is 493 g/mol. The number of rotatable bonds is 3. The number of piperidine rings is 1. The molecule has 0 bridgehead atoms. The molecule has 2 aromatic carbocycles. The summed E-state index contributed by atoms with van der Waals surface area (Å²) in [6.07, 6.45) is 3.33. The Bertz CT molecular complexity index is 1240. The van der Waals surface area contributed by atoms with Crippen LogP contribution in [0.5, 0.6) is 0 Å². The maximum Gasteiger partial charge on any atom is 0.242 e. The lowest BCUT2D eigenvalue weighted by atomic mass is 9.73. The van der Waals surface area contributed by atoms with Crippen molar-refractivity contribution in [3.05, 3.63) is 69.3 Å².